The molecule has 0 spiro atoms. The van der Waals surface area contributed by atoms with Gasteiger partial charge in [-0.2, -0.15) is 0 Å². The molecule has 0 saturated carbocycles. The number of anilines is 1. The van der Waals surface area contributed by atoms with Crippen LogP contribution >= 0.6 is 35.4 Å². The minimum absolute atomic E-state index is 0.0589. The van der Waals surface area contributed by atoms with E-state index in [1.165, 1.54) is 12.1 Å². The lowest BCUT2D eigenvalue weighted by Gasteiger charge is -2.14. The van der Waals surface area contributed by atoms with E-state index in [2.05, 4.69) is 10.6 Å². The van der Waals surface area contributed by atoms with Crippen molar-refractivity contribution in [2.75, 3.05) is 5.32 Å². The highest BCUT2D eigenvalue weighted by Crippen LogP contribution is 2.30. The molecule has 0 radical (unpaired) electrons. The SMILES string of the molecule is Cc1ccccc1C(=O)NC(=S)Nc1c(Cl)cc(Cl)cc1C(=O)O. The smallest absolute Gasteiger partial charge is 0.337 e. The number of rotatable bonds is 3. The van der Waals surface area contributed by atoms with Crippen LogP contribution in [0.15, 0.2) is 36.4 Å². The first kappa shape index (κ1) is 18.2. The molecular weight excluding hydrogens is 371 g/mol. The fraction of sp³-hybridized carbons (Fsp3) is 0.0625. The summed E-state index contributed by atoms with van der Waals surface area (Å²) in [5.74, 6) is -1.64. The zero-order valence-electron chi connectivity index (χ0n) is 12.4. The topological polar surface area (TPSA) is 78.4 Å². The lowest BCUT2D eigenvalue weighted by Crippen LogP contribution is -2.35. The number of amides is 1. The summed E-state index contributed by atoms with van der Waals surface area (Å²) in [4.78, 5) is 23.5. The third-order valence-electron chi connectivity index (χ3n) is 3.14. The van der Waals surface area contributed by atoms with Gasteiger partial charge in [-0.15, -0.1) is 0 Å². The molecule has 0 aromatic heterocycles. The number of hydrogen-bond donors (Lipinski definition) is 3. The molecule has 2 rings (SSSR count). The van der Waals surface area contributed by atoms with Crippen molar-refractivity contribution in [3.63, 3.8) is 0 Å². The van der Waals surface area contributed by atoms with Crippen molar-refractivity contribution in [2.24, 2.45) is 0 Å². The van der Waals surface area contributed by atoms with Gasteiger partial charge in [-0.25, -0.2) is 4.79 Å². The summed E-state index contributed by atoms with van der Waals surface area (Å²) in [6.07, 6.45) is 0. The van der Waals surface area contributed by atoms with Crippen molar-refractivity contribution in [2.45, 2.75) is 6.92 Å². The molecule has 0 heterocycles. The van der Waals surface area contributed by atoms with Crippen LogP contribution in [0.2, 0.25) is 10.0 Å². The molecule has 2 aromatic carbocycles. The maximum atomic E-state index is 12.2. The summed E-state index contributed by atoms with van der Waals surface area (Å²) < 4.78 is 0. The number of nitrogens with one attached hydrogen (secondary N) is 2. The van der Waals surface area contributed by atoms with E-state index in [-0.39, 0.29) is 26.4 Å². The van der Waals surface area contributed by atoms with Gasteiger partial charge in [-0.1, -0.05) is 41.4 Å². The number of carboxylic acids is 1. The van der Waals surface area contributed by atoms with Crippen LogP contribution in [-0.2, 0) is 0 Å². The van der Waals surface area contributed by atoms with E-state index in [1.807, 2.05) is 6.07 Å². The first-order valence-corrected chi connectivity index (χ1v) is 7.86. The number of halogens is 2. The molecule has 0 aliphatic carbocycles. The number of carbonyl (C=O) groups excluding carboxylic acids is 1. The Hall–Kier alpha value is -2.15. The Kier molecular flexibility index (Phi) is 5.77. The van der Waals surface area contributed by atoms with Gasteiger partial charge >= 0.3 is 5.97 Å². The molecule has 124 valence electrons. The predicted octanol–water partition coefficient (Wildman–Crippen LogP) is 4.13. The van der Waals surface area contributed by atoms with Crippen molar-refractivity contribution in [3.8, 4) is 0 Å². The molecule has 2 aromatic rings. The second-order valence-corrected chi connectivity index (χ2v) is 6.09. The van der Waals surface area contributed by atoms with Crippen LogP contribution in [0.25, 0.3) is 0 Å². The summed E-state index contributed by atoms with van der Waals surface area (Å²) in [6, 6.07) is 9.62. The predicted molar refractivity (Wildman–Crippen MR) is 98.3 cm³/mol. The molecule has 0 fully saturated rings. The number of benzene rings is 2. The molecule has 0 atom stereocenters. The van der Waals surface area contributed by atoms with Crippen molar-refractivity contribution in [3.05, 3.63) is 63.1 Å². The van der Waals surface area contributed by atoms with E-state index in [4.69, 9.17) is 35.4 Å². The third kappa shape index (κ3) is 4.23. The van der Waals surface area contributed by atoms with Crippen molar-refractivity contribution in [1.82, 2.24) is 5.32 Å². The molecule has 0 aliphatic heterocycles. The largest absolute Gasteiger partial charge is 0.478 e. The van der Waals surface area contributed by atoms with Gasteiger partial charge in [0.25, 0.3) is 5.91 Å². The monoisotopic (exact) mass is 382 g/mol. The first-order valence-electron chi connectivity index (χ1n) is 6.70. The van der Waals surface area contributed by atoms with E-state index in [9.17, 15) is 14.7 Å². The van der Waals surface area contributed by atoms with Crippen LogP contribution in [0, 0.1) is 6.92 Å². The Labute approximate surface area is 153 Å². The Morgan fingerprint density at radius 2 is 1.79 bits per heavy atom. The molecule has 0 aliphatic rings. The van der Waals surface area contributed by atoms with Gasteiger partial charge in [-0.3, -0.25) is 10.1 Å². The molecule has 8 heteroatoms. The average Bonchev–Trinajstić information content (AvgIpc) is 2.49. The zero-order valence-corrected chi connectivity index (χ0v) is 14.7. The van der Waals surface area contributed by atoms with E-state index in [0.717, 1.165) is 5.56 Å². The molecule has 24 heavy (non-hydrogen) atoms. The maximum absolute atomic E-state index is 12.2. The van der Waals surface area contributed by atoms with Crippen LogP contribution in [0.1, 0.15) is 26.3 Å². The molecule has 3 N–H and O–H groups in total. The Morgan fingerprint density at radius 3 is 2.42 bits per heavy atom. The number of thiocarbonyl (C=S) groups is 1. The van der Waals surface area contributed by atoms with Gasteiger partial charge in [0.05, 0.1) is 16.3 Å². The van der Waals surface area contributed by atoms with Gasteiger partial charge in [0.2, 0.25) is 0 Å². The van der Waals surface area contributed by atoms with Gasteiger partial charge in [-0.05, 0) is 42.9 Å². The highest BCUT2D eigenvalue weighted by atomic mass is 35.5. The van der Waals surface area contributed by atoms with E-state index < -0.39 is 11.9 Å². The highest BCUT2D eigenvalue weighted by Gasteiger charge is 2.17. The summed E-state index contributed by atoms with van der Waals surface area (Å²) in [5, 5.41) is 14.5. The number of carboxylic acid groups (broad SMARTS) is 1. The third-order valence-corrected chi connectivity index (χ3v) is 3.86. The molecule has 1 amide bonds. The summed E-state index contributed by atoms with van der Waals surface area (Å²) in [5.41, 5.74) is 1.15. The maximum Gasteiger partial charge on any atom is 0.337 e. The van der Waals surface area contributed by atoms with Gasteiger partial charge < -0.3 is 10.4 Å². The minimum atomic E-state index is -1.23. The Bertz CT molecular complexity index is 840. The van der Waals surface area contributed by atoms with Gasteiger partial charge in [0.1, 0.15) is 0 Å². The van der Waals surface area contributed by atoms with Crippen LogP contribution in [0.5, 0.6) is 0 Å². The summed E-state index contributed by atoms with van der Waals surface area (Å²) in [7, 11) is 0. The van der Waals surface area contributed by atoms with Crippen LogP contribution in [0.4, 0.5) is 5.69 Å². The molecule has 5 nitrogen and oxygen atoms in total. The fourth-order valence-corrected chi connectivity index (χ4v) is 2.75. The van der Waals surface area contributed by atoms with E-state index in [0.29, 0.717) is 5.56 Å². The van der Waals surface area contributed by atoms with Crippen molar-refractivity contribution in [1.29, 1.82) is 0 Å². The lowest BCUT2D eigenvalue weighted by atomic mass is 10.1. The molecule has 0 saturated heterocycles. The highest BCUT2D eigenvalue weighted by molar-refractivity contribution is 7.80. The number of carbonyl (C=O) groups is 2. The zero-order chi connectivity index (χ0) is 17.9. The first-order chi connectivity index (χ1) is 11.3. The minimum Gasteiger partial charge on any atom is -0.478 e. The number of aromatic carboxylic acids is 1. The van der Waals surface area contributed by atoms with E-state index in [1.54, 1.807) is 25.1 Å². The van der Waals surface area contributed by atoms with Gasteiger partial charge in [0.15, 0.2) is 5.11 Å². The average molecular weight is 383 g/mol. The van der Waals surface area contributed by atoms with Gasteiger partial charge in [0, 0.05) is 10.6 Å². The van der Waals surface area contributed by atoms with Crippen LogP contribution in [0.3, 0.4) is 0 Å². The Balaban J connectivity index is 2.20. The lowest BCUT2D eigenvalue weighted by molar-refractivity contribution is 0.0697. The molecule has 0 bridgehead atoms. The quantitative estimate of drug-likeness (QED) is 0.695. The second-order valence-electron chi connectivity index (χ2n) is 4.84. The van der Waals surface area contributed by atoms with E-state index >= 15 is 0 Å². The molecular formula is C16H12Cl2N2O3S. The Morgan fingerprint density at radius 1 is 1.12 bits per heavy atom. The second kappa shape index (κ2) is 7.61. The number of hydrogen-bond acceptors (Lipinski definition) is 3. The van der Waals surface area contributed by atoms with Crippen LogP contribution in [-0.4, -0.2) is 22.1 Å². The standard InChI is InChI=1S/C16H12Cl2N2O3S/c1-8-4-2-3-5-10(8)14(21)20-16(24)19-13-11(15(22)23)6-9(17)7-12(13)18/h2-7H,1H3,(H,22,23)(H2,19,20,21,24). The summed E-state index contributed by atoms with van der Waals surface area (Å²) in [6.45, 7) is 1.80. The van der Waals surface area contributed by atoms with Crippen LogP contribution < -0.4 is 10.6 Å². The number of aryl methyl sites for hydroxylation is 1. The summed E-state index contributed by atoms with van der Waals surface area (Å²) >= 11 is 16.9. The molecule has 0 unspecified atom stereocenters. The van der Waals surface area contributed by atoms with Crippen molar-refractivity contribution < 1.29 is 14.7 Å². The normalized spacial score (nSPS) is 10.1. The van der Waals surface area contributed by atoms with Crippen molar-refractivity contribution >= 4 is 58.1 Å². The fourth-order valence-electron chi connectivity index (χ4n) is 2.01.